The van der Waals surface area contributed by atoms with Gasteiger partial charge in [-0.15, -0.1) is 4.98 Å². The normalized spacial score (nSPS) is 23.8. The molecule has 59 heavy (non-hydrogen) atoms. The number of hydrogen-bond acceptors (Lipinski definition) is 10. The van der Waals surface area contributed by atoms with Crippen LogP contribution in [0.15, 0.2) is 54.7 Å². The molecule has 14 heteroatoms. The standard InChI is InChI=1S/C45H51N9O5/c1-29-26-35(28-47-40(29)46-3)53-21-16-45(30(53)2)14-19-50(20-15-45)32-6-4-31(5-7-32)42(57)52-24-22-51(23-25-52)33-12-17-49(18-13-33)34-8-9-36-37(27-34)44(59)54(43(36)58)38-10-11-39(55)48-41(38)56/h4-9,26-28,30,33,38H,10-25H2,1-2H3,(H,48,55,56). The smallest absolute Gasteiger partial charge is 0.272 e. The number of carbonyl (C=O) groups is 5. The van der Waals surface area contributed by atoms with E-state index in [1.165, 1.54) is 5.69 Å². The van der Waals surface area contributed by atoms with Crippen LogP contribution in [0.25, 0.3) is 4.85 Å². The van der Waals surface area contributed by atoms with Crippen LogP contribution in [-0.4, -0.2) is 126 Å². The van der Waals surface area contributed by atoms with E-state index in [2.05, 4.69) is 59.9 Å². The summed E-state index contributed by atoms with van der Waals surface area (Å²) in [4.78, 5) is 84.8. The maximum Gasteiger partial charge on any atom is 0.272 e. The van der Waals surface area contributed by atoms with Gasteiger partial charge in [0.05, 0.1) is 16.8 Å². The molecule has 0 aliphatic carbocycles. The minimum Gasteiger partial charge on any atom is -0.371 e. The van der Waals surface area contributed by atoms with E-state index in [1.807, 2.05) is 36.2 Å². The number of carbonyl (C=O) groups excluding carboxylic acids is 5. The molecule has 0 radical (unpaired) electrons. The van der Waals surface area contributed by atoms with Gasteiger partial charge >= 0.3 is 0 Å². The molecule has 7 heterocycles. The fraction of sp³-hybridized carbons (Fsp3) is 0.489. The Morgan fingerprint density at radius 3 is 2.12 bits per heavy atom. The van der Waals surface area contributed by atoms with Gasteiger partial charge in [-0.25, -0.2) is 0 Å². The lowest BCUT2D eigenvalue weighted by Gasteiger charge is -2.44. The van der Waals surface area contributed by atoms with Gasteiger partial charge in [0.15, 0.2) is 0 Å². The van der Waals surface area contributed by atoms with Gasteiger partial charge < -0.3 is 24.4 Å². The SMILES string of the molecule is [C-]#[N+]c1ncc(N2CCC3(CCN(c4ccc(C(=O)N5CCN(C6CCN(c7ccc8c(c7)C(=O)N(C7CCC(=O)NC7=O)C8=O)CC6)CC5)cc4)CC3)C2C)cc1C. The fourth-order valence-electron chi connectivity index (χ4n) is 10.6. The van der Waals surface area contributed by atoms with Gasteiger partial charge in [-0.1, -0.05) is 6.57 Å². The molecule has 2 atom stereocenters. The summed E-state index contributed by atoms with van der Waals surface area (Å²) in [5.41, 5.74) is 5.67. The van der Waals surface area contributed by atoms with Crippen LogP contribution in [0.3, 0.4) is 0 Å². The number of fused-ring (bicyclic) bond motifs is 1. The molecule has 5 fully saturated rings. The number of nitrogens with zero attached hydrogens (tertiary/aromatic N) is 8. The summed E-state index contributed by atoms with van der Waals surface area (Å²) in [6.45, 7) is 19.3. The molecular weight excluding hydrogens is 747 g/mol. The predicted molar refractivity (Wildman–Crippen MR) is 223 cm³/mol. The molecule has 5 amide bonds. The lowest BCUT2D eigenvalue weighted by Crippen LogP contribution is -2.54. The van der Waals surface area contributed by atoms with E-state index >= 15 is 0 Å². The van der Waals surface area contributed by atoms with Crippen LogP contribution in [0.4, 0.5) is 22.9 Å². The van der Waals surface area contributed by atoms with Gasteiger partial charge in [-0.3, -0.25) is 39.1 Å². The number of hydrogen-bond donors (Lipinski definition) is 1. The molecule has 3 aromatic rings. The van der Waals surface area contributed by atoms with Gasteiger partial charge in [-0.05, 0) is 112 Å². The van der Waals surface area contributed by atoms with Crippen molar-refractivity contribution in [3.8, 4) is 0 Å². The number of aromatic nitrogens is 1. The number of aryl methyl sites for hydroxylation is 1. The first-order chi connectivity index (χ1) is 28.5. The highest BCUT2D eigenvalue weighted by molar-refractivity contribution is 6.23. The van der Waals surface area contributed by atoms with E-state index in [4.69, 9.17) is 6.57 Å². The average Bonchev–Trinajstić information content (AvgIpc) is 3.71. The predicted octanol–water partition coefficient (Wildman–Crippen LogP) is 4.65. The molecule has 0 bridgehead atoms. The Morgan fingerprint density at radius 1 is 0.780 bits per heavy atom. The van der Waals surface area contributed by atoms with Crippen LogP contribution >= 0.6 is 0 Å². The maximum absolute atomic E-state index is 13.6. The number of pyridine rings is 1. The summed E-state index contributed by atoms with van der Waals surface area (Å²) < 4.78 is 0. The molecule has 2 unspecified atom stereocenters. The highest BCUT2D eigenvalue weighted by Crippen LogP contribution is 2.47. The molecular formula is C45H51N9O5. The van der Waals surface area contributed by atoms with Crippen molar-refractivity contribution in [2.24, 2.45) is 5.41 Å². The number of piperazine rings is 1. The largest absolute Gasteiger partial charge is 0.371 e. The van der Waals surface area contributed by atoms with Crippen molar-refractivity contribution < 1.29 is 24.0 Å². The van der Waals surface area contributed by atoms with Gasteiger partial charge in [0, 0.05) is 94.3 Å². The molecule has 6 aliphatic heterocycles. The number of piperidine rings is 3. The van der Waals surface area contributed by atoms with E-state index in [1.54, 1.807) is 12.1 Å². The molecule has 0 saturated carbocycles. The third-order valence-corrected chi connectivity index (χ3v) is 14.3. The van der Waals surface area contributed by atoms with Crippen LogP contribution in [0.1, 0.15) is 88.5 Å². The highest BCUT2D eigenvalue weighted by Gasteiger charge is 2.47. The number of nitrogens with one attached hydrogen (secondary N) is 1. The summed E-state index contributed by atoms with van der Waals surface area (Å²) in [5, 5.41) is 2.25. The maximum atomic E-state index is 13.6. The topological polar surface area (TPSA) is 134 Å². The number of benzene rings is 2. The van der Waals surface area contributed by atoms with Crippen LogP contribution < -0.4 is 20.0 Å². The number of anilines is 3. The zero-order chi connectivity index (χ0) is 41.0. The minimum absolute atomic E-state index is 0.0819. The molecule has 1 aromatic heterocycles. The van der Waals surface area contributed by atoms with E-state index in [-0.39, 0.29) is 24.2 Å². The zero-order valence-electron chi connectivity index (χ0n) is 33.9. The Bertz CT molecular complexity index is 2230. The summed E-state index contributed by atoms with van der Waals surface area (Å²) in [5.74, 6) is -1.42. The van der Waals surface area contributed by atoms with E-state index in [9.17, 15) is 24.0 Å². The van der Waals surface area contributed by atoms with E-state index < -0.39 is 29.7 Å². The van der Waals surface area contributed by atoms with Crippen molar-refractivity contribution >= 4 is 52.4 Å². The van der Waals surface area contributed by atoms with Gasteiger partial charge in [0.25, 0.3) is 23.5 Å². The lowest BCUT2D eigenvalue weighted by atomic mass is 9.73. The Hall–Kier alpha value is -5.81. The van der Waals surface area contributed by atoms with Gasteiger partial charge in [0.2, 0.25) is 11.8 Å². The first kappa shape index (κ1) is 38.7. The van der Waals surface area contributed by atoms with Crippen molar-refractivity contribution in [1.82, 2.24) is 25.0 Å². The van der Waals surface area contributed by atoms with Crippen LogP contribution in [0, 0.1) is 18.9 Å². The lowest BCUT2D eigenvalue weighted by molar-refractivity contribution is -0.136. The summed E-state index contributed by atoms with van der Waals surface area (Å²) in [6.07, 6.45) is 7.37. The molecule has 2 aromatic carbocycles. The average molecular weight is 798 g/mol. The van der Waals surface area contributed by atoms with Crippen molar-refractivity contribution in [3.05, 3.63) is 88.4 Å². The zero-order valence-corrected chi connectivity index (χ0v) is 33.9. The Labute approximate surface area is 344 Å². The third-order valence-electron chi connectivity index (χ3n) is 14.3. The molecule has 9 rings (SSSR count). The molecule has 14 nitrogen and oxygen atoms in total. The quantitative estimate of drug-likeness (QED) is 0.278. The fourth-order valence-corrected chi connectivity index (χ4v) is 10.6. The summed E-state index contributed by atoms with van der Waals surface area (Å²) in [6, 6.07) is 15.4. The summed E-state index contributed by atoms with van der Waals surface area (Å²) >= 11 is 0. The second-order valence-corrected chi connectivity index (χ2v) is 17.2. The van der Waals surface area contributed by atoms with Gasteiger partial charge in [-0.2, -0.15) is 0 Å². The minimum atomic E-state index is -0.977. The third kappa shape index (κ3) is 6.99. The first-order valence-corrected chi connectivity index (χ1v) is 21.1. The van der Waals surface area contributed by atoms with E-state index in [0.29, 0.717) is 42.1 Å². The molecule has 1 N–H and O–H groups in total. The van der Waals surface area contributed by atoms with Crippen molar-refractivity contribution in [1.29, 1.82) is 0 Å². The molecule has 5 saturated heterocycles. The monoisotopic (exact) mass is 797 g/mol. The molecule has 6 aliphatic rings. The molecule has 306 valence electrons. The Morgan fingerprint density at radius 2 is 1.44 bits per heavy atom. The van der Waals surface area contributed by atoms with Crippen LogP contribution in [-0.2, 0) is 9.59 Å². The van der Waals surface area contributed by atoms with Crippen LogP contribution in [0.2, 0.25) is 0 Å². The highest BCUT2D eigenvalue weighted by atomic mass is 16.2. The Kier molecular flexibility index (Phi) is 10.1. The van der Waals surface area contributed by atoms with Crippen LogP contribution in [0.5, 0.6) is 0 Å². The summed E-state index contributed by atoms with van der Waals surface area (Å²) in [7, 11) is 0. The number of amides is 5. The second kappa shape index (κ2) is 15.4. The van der Waals surface area contributed by atoms with Crippen molar-refractivity contribution in [3.63, 3.8) is 0 Å². The van der Waals surface area contributed by atoms with Crippen molar-refractivity contribution in [2.75, 3.05) is 73.6 Å². The van der Waals surface area contributed by atoms with Crippen molar-refractivity contribution in [2.45, 2.75) is 76.9 Å². The van der Waals surface area contributed by atoms with Gasteiger partial charge in [0.1, 0.15) is 12.2 Å². The number of rotatable bonds is 6. The Balaban J connectivity index is 0.737. The molecule has 1 spiro atoms. The number of imide groups is 2. The first-order valence-electron chi connectivity index (χ1n) is 21.1. The van der Waals surface area contributed by atoms with E-state index in [0.717, 1.165) is 105 Å². The second-order valence-electron chi connectivity index (χ2n) is 17.2.